The summed E-state index contributed by atoms with van der Waals surface area (Å²) in [6.07, 6.45) is 1.77. The van der Waals surface area contributed by atoms with E-state index in [4.69, 9.17) is 4.74 Å². The normalized spacial score (nSPS) is 12.9. The number of nitrogens with one attached hydrogen (secondary N) is 2. The molecular formula is C23H27F2N3O4. The first kappa shape index (κ1) is 23.3. The number of rotatable bonds is 11. The summed E-state index contributed by atoms with van der Waals surface area (Å²) in [5, 5.41) is 5.31. The number of alkyl halides is 2. The van der Waals surface area contributed by atoms with Crippen LogP contribution in [0.4, 0.5) is 13.6 Å². The number of benzene rings is 2. The maximum Gasteiger partial charge on any atom is 0.387 e. The van der Waals surface area contributed by atoms with Gasteiger partial charge >= 0.3 is 12.6 Å². The summed E-state index contributed by atoms with van der Waals surface area (Å²) < 4.78 is 35.1. The van der Waals surface area contributed by atoms with E-state index >= 15 is 0 Å². The van der Waals surface area contributed by atoms with Crippen LogP contribution < -0.4 is 20.1 Å². The van der Waals surface area contributed by atoms with Crippen molar-refractivity contribution in [3.8, 4) is 11.5 Å². The maximum atomic E-state index is 12.8. The molecule has 1 fully saturated rings. The van der Waals surface area contributed by atoms with Gasteiger partial charge in [0.2, 0.25) is 5.91 Å². The van der Waals surface area contributed by atoms with Gasteiger partial charge in [-0.3, -0.25) is 4.79 Å². The van der Waals surface area contributed by atoms with Crippen LogP contribution in [-0.2, 0) is 17.9 Å². The Morgan fingerprint density at radius 2 is 1.81 bits per heavy atom. The maximum absolute atomic E-state index is 12.8. The molecule has 1 aliphatic carbocycles. The van der Waals surface area contributed by atoms with Crippen molar-refractivity contribution >= 4 is 11.9 Å². The van der Waals surface area contributed by atoms with Gasteiger partial charge in [-0.1, -0.05) is 36.4 Å². The molecule has 0 aliphatic heterocycles. The molecule has 7 nitrogen and oxygen atoms in total. The minimum Gasteiger partial charge on any atom is -0.490 e. The summed E-state index contributed by atoms with van der Waals surface area (Å²) in [6.45, 7) is -0.415. The summed E-state index contributed by atoms with van der Waals surface area (Å²) in [6, 6.07) is 13.8. The van der Waals surface area contributed by atoms with Crippen molar-refractivity contribution in [3.05, 3.63) is 59.7 Å². The zero-order valence-corrected chi connectivity index (χ0v) is 17.9. The van der Waals surface area contributed by atoms with E-state index in [9.17, 15) is 18.4 Å². The zero-order valence-electron chi connectivity index (χ0n) is 17.9. The monoisotopic (exact) mass is 447 g/mol. The number of amides is 3. The zero-order chi connectivity index (χ0) is 22.9. The quantitative estimate of drug-likeness (QED) is 0.551. The van der Waals surface area contributed by atoms with Gasteiger partial charge in [-0.15, -0.1) is 0 Å². The highest BCUT2D eigenvalue weighted by Gasteiger charge is 2.32. The first-order valence-corrected chi connectivity index (χ1v) is 10.5. The Morgan fingerprint density at radius 3 is 2.47 bits per heavy atom. The van der Waals surface area contributed by atoms with Gasteiger partial charge in [0.05, 0.1) is 13.2 Å². The van der Waals surface area contributed by atoms with Crippen LogP contribution in [0.1, 0.15) is 30.9 Å². The highest BCUT2D eigenvalue weighted by atomic mass is 19.3. The van der Waals surface area contributed by atoms with Crippen LogP contribution in [0.15, 0.2) is 48.5 Å². The summed E-state index contributed by atoms with van der Waals surface area (Å²) in [5.41, 5.74) is 1.68. The molecule has 0 unspecified atom stereocenters. The molecule has 1 aliphatic rings. The number of urea groups is 1. The number of ether oxygens (including phenoxy) is 2. The van der Waals surface area contributed by atoms with Crippen LogP contribution in [0.3, 0.4) is 0 Å². The predicted octanol–water partition coefficient (Wildman–Crippen LogP) is 3.68. The third kappa shape index (κ3) is 7.11. The van der Waals surface area contributed by atoms with Gasteiger partial charge in [0, 0.05) is 19.1 Å². The largest absolute Gasteiger partial charge is 0.490 e. The van der Waals surface area contributed by atoms with Crippen molar-refractivity contribution in [1.29, 1.82) is 0 Å². The van der Waals surface area contributed by atoms with Crippen LogP contribution in [0.25, 0.3) is 0 Å². The van der Waals surface area contributed by atoms with Gasteiger partial charge in [-0.05, 0) is 43.0 Å². The molecule has 2 aromatic carbocycles. The Balaban J connectivity index is 1.56. The van der Waals surface area contributed by atoms with Crippen LogP contribution in [0.5, 0.6) is 11.5 Å². The molecule has 0 saturated heterocycles. The molecule has 2 aromatic rings. The average molecular weight is 447 g/mol. The Hall–Kier alpha value is -3.36. The van der Waals surface area contributed by atoms with Crippen LogP contribution >= 0.6 is 0 Å². The lowest BCUT2D eigenvalue weighted by molar-refractivity contribution is -0.131. The van der Waals surface area contributed by atoms with Gasteiger partial charge in [-0.25, -0.2) is 4.79 Å². The highest BCUT2D eigenvalue weighted by molar-refractivity contribution is 5.84. The van der Waals surface area contributed by atoms with Gasteiger partial charge < -0.3 is 25.0 Å². The number of carbonyl (C=O) groups is 2. The number of carbonyl (C=O) groups excluding carboxylic acids is 2. The van der Waals surface area contributed by atoms with Crippen molar-refractivity contribution in [1.82, 2.24) is 15.5 Å². The van der Waals surface area contributed by atoms with E-state index in [0.29, 0.717) is 6.54 Å². The molecule has 0 heterocycles. The first-order valence-electron chi connectivity index (χ1n) is 10.5. The topological polar surface area (TPSA) is 79.9 Å². The second kappa shape index (κ2) is 11.3. The Bertz CT molecular complexity index is 907. The van der Waals surface area contributed by atoms with Crippen LogP contribution in [0, 0.1) is 0 Å². The van der Waals surface area contributed by atoms with Crippen molar-refractivity contribution in [2.24, 2.45) is 0 Å². The lowest BCUT2D eigenvalue weighted by Gasteiger charge is -2.23. The number of halogens is 2. The van der Waals surface area contributed by atoms with Gasteiger partial charge in [0.1, 0.15) is 0 Å². The Kier molecular flexibility index (Phi) is 8.24. The third-order valence-corrected chi connectivity index (χ3v) is 4.88. The predicted molar refractivity (Wildman–Crippen MR) is 114 cm³/mol. The van der Waals surface area contributed by atoms with Crippen molar-refractivity contribution < 1.29 is 27.8 Å². The van der Waals surface area contributed by atoms with E-state index < -0.39 is 12.6 Å². The van der Waals surface area contributed by atoms with E-state index in [2.05, 4.69) is 15.4 Å². The number of hydrogen-bond donors (Lipinski definition) is 2. The second-order valence-corrected chi connectivity index (χ2v) is 7.37. The van der Waals surface area contributed by atoms with E-state index in [0.717, 1.165) is 24.0 Å². The fourth-order valence-electron chi connectivity index (χ4n) is 3.21. The Morgan fingerprint density at radius 1 is 1.06 bits per heavy atom. The molecule has 2 N–H and O–H groups in total. The van der Waals surface area contributed by atoms with E-state index in [1.807, 2.05) is 30.3 Å². The minimum atomic E-state index is -2.95. The number of nitrogens with zero attached hydrogens (tertiary/aromatic N) is 1. The van der Waals surface area contributed by atoms with Crippen molar-refractivity contribution in [3.63, 3.8) is 0 Å². The van der Waals surface area contributed by atoms with Gasteiger partial charge in [-0.2, -0.15) is 8.78 Å². The molecule has 0 spiro atoms. The van der Waals surface area contributed by atoms with Crippen molar-refractivity contribution in [2.75, 3.05) is 13.2 Å². The fraction of sp³-hybridized carbons (Fsp3) is 0.391. The second-order valence-electron chi connectivity index (χ2n) is 7.37. The third-order valence-electron chi connectivity index (χ3n) is 4.88. The fourth-order valence-corrected chi connectivity index (χ4v) is 3.21. The molecule has 0 bridgehead atoms. The van der Waals surface area contributed by atoms with Crippen LogP contribution in [0.2, 0.25) is 0 Å². The SMILES string of the molecule is CCOc1cc(CN(C(=O)CNC(=O)NCc2ccccc2)C2CC2)ccc1OC(F)F. The highest BCUT2D eigenvalue weighted by Crippen LogP contribution is 2.33. The van der Waals surface area contributed by atoms with E-state index in [-0.39, 0.29) is 43.1 Å². The molecule has 3 rings (SSSR count). The van der Waals surface area contributed by atoms with E-state index in [1.165, 1.54) is 6.07 Å². The molecule has 9 heteroatoms. The molecule has 0 aromatic heterocycles. The molecule has 32 heavy (non-hydrogen) atoms. The summed E-state index contributed by atoms with van der Waals surface area (Å²) in [7, 11) is 0. The summed E-state index contributed by atoms with van der Waals surface area (Å²) in [5.74, 6) is -0.0632. The van der Waals surface area contributed by atoms with Crippen molar-refractivity contribution in [2.45, 2.75) is 45.5 Å². The lowest BCUT2D eigenvalue weighted by Crippen LogP contribution is -2.44. The Labute approximate surface area is 185 Å². The lowest BCUT2D eigenvalue weighted by atomic mass is 10.2. The molecular weight excluding hydrogens is 420 g/mol. The summed E-state index contributed by atoms with van der Waals surface area (Å²) >= 11 is 0. The molecule has 172 valence electrons. The molecule has 0 atom stereocenters. The van der Waals surface area contributed by atoms with Gasteiger partial charge in [0.15, 0.2) is 11.5 Å². The number of hydrogen-bond acceptors (Lipinski definition) is 4. The average Bonchev–Trinajstić information content (AvgIpc) is 3.62. The first-order chi connectivity index (χ1) is 15.5. The minimum absolute atomic E-state index is 0.0494. The molecule has 3 amide bonds. The van der Waals surface area contributed by atoms with Gasteiger partial charge in [0.25, 0.3) is 0 Å². The molecule has 1 saturated carbocycles. The standard InChI is InChI=1S/C23H27F2N3O4/c1-2-31-20-12-17(8-11-19(20)32-22(24)25)15-28(18-9-10-18)21(29)14-27-23(30)26-13-16-6-4-3-5-7-16/h3-8,11-12,18,22H,2,9-10,13-15H2,1H3,(H2,26,27,30). The molecule has 0 radical (unpaired) electrons. The van der Waals surface area contributed by atoms with E-state index in [1.54, 1.807) is 24.0 Å². The summed E-state index contributed by atoms with van der Waals surface area (Å²) in [4.78, 5) is 26.5. The van der Waals surface area contributed by atoms with Crippen LogP contribution in [-0.4, -0.2) is 42.6 Å². The smallest absolute Gasteiger partial charge is 0.387 e.